The van der Waals surface area contributed by atoms with Crippen molar-refractivity contribution in [1.29, 1.82) is 0 Å². The largest absolute Gasteiger partial charge is 0.459 e. The van der Waals surface area contributed by atoms with Gasteiger partial charge in [-0.1, -0.05) is 12.8 Å². The molecule has 8 nitrogen and oxygen atoms in total. The summed E-state index contributed by atoms with van der Waals surface area (Å²) in [6, 6.07) is 8.74. The first-order valence-electron chi connectivity index (χ1n) is 12.8. The molecule has 0 atom stereocenters. The lowest BCUT2D eigenvalue weighted by Gasteiger charge is -2.28. The third-order valence-corrected chi connectivity index (χ3v) is 7.13. The number of anilines is 2. The first-order chi connectivity index (χ1) is 17.0. The van der Waals surface area contributed by atoms with E-state index in [0.717, 1.165) is 50.9 Å². The van der Waals surface area contributed by atoms with Crippen LogP contribution < -0.4 is 10.2 Å². The monoisotopic (exact) mass is 480 g/mol. The number of rotatable bonds is 7. The zero-order valence-corrected chi connectivity index (χ0v) is 20.8. The van der Waals surface area contributed by atoms with Gasteiger partial charge in [0.2, 0.25) is 5.91 Å². The third-order valence-electron chi connectivity index (χ3n) is 7.13. The summed E-state index contributed by atoms with van der Waals surface area (Å²) in [6.07, 6.45) is 6.62. The molecule has 35 heavy (non-hydrogen) atoms. The zero-order valence-electron chi connectivity index (χ0n) is 20.8. The van der Waals surface area contributed by atoms with Crippen LogP contribution in [0.25, 0.3) is 0 Å². The number of benzene rings is 1. The fraction of sp³-hybridized carbons (Fsp3) is 0.519. The average molecular weight is 481 g/mol. The molecule has 188 valence electrons. The molecule has 1 aliphatic heterocycles. The van der Waals surface area contributed by atoms with Crippen LogP contribution in [0.15, 0.2) is 41.0 Å². The van der Waals surface area contributed by atoms with Crippen LogP contribution in [0.1, 0.15) is 66.9 Å². The number of nitrogens with one attached hydrogen (secondary N) is 1. The van der Waals surface area contributed by atoms with Gasteiger partial charge in [-0.3, -0.25) is 14.4 Å². The normalized spacial score (nSPS) is 16.7. The van der Waals surface area contributed by atoms with Gasteiger partial charge >= 0.3 is 0 Å². The summed E-state index contributed by atoms with van der Waals surface area (Å²) in [6.45, 7) is 7.97. The molecule has 1 aliphatic carbocycles. The maximum atomic E-state index is 13.5. The molecule has 1 saturated heterocycles. The minimum Gasteiger partial charge on any atom is -0.459 e. The van der Waals surface area contributed by atoms with E-state index in [1.807, 2.05) is 30.9 Å². The van der Waals surface area contributed by atoms with Gasteiger partial charge in [-0.2, -0.15) is 0 Å². The Morgan fingerprint density at radius 1 is 1.00 bits per heavy atom. The first-order valence-corrected chi connectivity index (χ1v) is 12.8. The second-order valence-corrected chi connectivity index (χ2v) is 9.29. The van der Waals surface area contributed by atoms with Crippen LogP contribution in [-0.2, 0) is 4.79 Å². The standard InChI is InChI=1S/C27H36N4O4/c1-3-29(4-2)27(34)22-19-21(28-25(32)24-11-7-18-35-24)12-13-23(22)30-14-8-15-31(17-16-30)26(33)20-9-5-6-10-20/h7,11-13,18-20H,3-6,8-10,14-17H2,1-2H3,(H,28,32). The summed E-state index contributed by atoms with van der Waals surface area (Å²) < 4.78 is 5.19. The number of furan rings is 1. The molecule has 1 saturated carbocycles. The van der Waals surface area contributed by atoms with Crippen molar-refractivity contribution in [3.63, 3.8) is 0 Å². The van der Waals surface area contributed by atoms with E-state index in [1.54, 1.807) is 23.1 Å². The lowest BCUT2D eigenvalue weighted by Crippen LogP contribution is -2.38. The molecule has 8 heteroatoms. The van der Waals surface area contributed by atoms with Gasteiger partial charge in [-0.05, 0) is 63.4 Å². The van der Waals surface area contributed by atoms with Crippen molar-refractivity contribution in [2.24, 2.45) is 5.92 Å². The number of hydrogen-bond acceptors (Lipinski definition) is 5. The molecule has 1 aromatic carbocycles. The summed E-state index contributed by atoms with van der Waals surface area (Å²) in [7, 11) is 0. The van der Waals surface area contributed by atoms with Crippen molar-refractivity contribution < 1.29 is 18.8 Å². The molecule has 0 radical (unpaired) electrons. The fourth-order valence-electron chi connectivity index (χ4n) is 5.15. The molecule has 2 aliphatic rings. The van der Waals surface area contributed by atoms with Crippen LogP contribution in [0.5, 0.6) is 0 Å². The van der Waals surface area contributed by atoms with Crippen LogP contribution in [-0.4, -0.2) is 66.8 Å². The highest BCUT2D eigenvalue weighted by Crippen LogP contribution is 2.29. The number of carbonyl (C=O) groups is 3. The summed E-state index contributed by atoms with van der Waals surface area (Å²) in [5, 5.41) is 2.84. The highest BCUT2D eigenvalue weighted by atomic mass is 16.3. The maximum Gasteiger partial charge on any atom is 0.291 e. The molecule has 0 spiro atoms. The first kappa shape index (κ1) is 24.8. The van der Waals surface area contributed by atoms with Crippen LogP contribution in [0, 0.1) is 5.92 Å². The molecular weight excluding hydrogens is 444 g/mol. The van der Waals surface area contributed by atoms with Gasteiger partial charge in [-0.15, -0.1) is 0 Å². The minimum absolute atomic E-state index is 0.0674. The van der Waals surface area contributed by atoms with E-state index in [0.29, 0.717) is 43.3 Å². The van der Waals surface area contributed by atoms with Crippen molar-refractivity contribution in [2.75, 3.05) is 49.5 Å². The smallest absolute Gasteiger partial charge is 0.291 e. The van der Waals surface area contributed by atoms with Gasteiger partial charge in [0.1, 0.15) is 0 Å². The van der Waals surface area contributed by atoms with Crippen molar-refractivity contribution in [3.05, 3.63) is 47.9 Å². The topological polar surface area (TPSA) is 86.1 Å². The van der Waals surface area contributed by atoms with Crippen molar-refractivity contribution >= 4 is 29.1 Å². The number of nitrogens with zero attached hydrogens (tertiary/aromatic N) is 3. The summed E-state index contributed by atoms with van der Waals surface area (Å²) >= 11 is 0. The maximum absolute atomic E-state index is 13.5. The second kappa shape index (κ2) is 11.4. The molecule has 2 aromatic rings. The molecule has 2 fully saturated rings. The van der Waals surface area contributed by atoms with E-state index in [9.17, 15) is 14.4 Å². The lowest BCUT2D eigenvalue weighted by molar-refractivity contribution is -0.135. The Labute approximate surface area is 207 Å². The second-order valence-electron chi connectivity index (χ2n) is 9.29. The molecule has 4 rings (SSSR count). The van der Waals surface area contributed by atoms with Gasteiger partial charge in [0.05, 0.1) is 11.8 Å². The third kappa shape index (κ3) is 5.69. The van der Waals surface area contributed by atoms with Gasteiger partial charge in [-0.25, -0.2) is 0 Å². The summed E-state index contributed by atoms with van der Waals surface area (Å²) in [4.78, 5) is 45.0. The summed E-state index contributed by atoms with van der Waals surface area (Å²) in [5.74, 6) is 0.255. The Kier molecular flexibility index (Phi) is 8.10. The molecule has 3 amide bonds. The molecule has 1 N–H and O–H groups in total. The van der Waals surface area contributed by atoms with Crippen LogP contribution >= 0.6 is 0 Å². The Balaban J connectivity index is 1.56. The highest BCUT2D eigenvalue weighted by molar-refractivity contribution is 6.05. The van der Waals surface area contributed by atoms with E-state index in [1.165, 1.54) is 6.26 Å². The number of hydrogen-bond donors (Lipinski definition) is 1. The Hall–Kier alpha value is -3.29. The zero-order chi connectivity index (χ0) is 24.8. The van der Waals surface area contributed by atoms with Gasteiger partial charge in [0, 0.05) is 56.6 Å². The molecule has 2 heterocycles. The molecular formula is C27H36N4O4. The lowest BCUT2D eigenvalue weighted by atomic mass is 10.1. The van der Waals surface area contributed by atoms with Gasteiger partial charge in [0.15, 0.2) is 5.76 Å². The Bertz CT molecular complexity index is 1030. The summed E-state index contributed by atoms with van der Waals surface area (Å²) in [5.41, 5.74) is 1.94. The Morgan fingerprint density at radius 3 is 2.46 bits per heavy atom. The molecule has 0 unspecified atom stereocenters. The van der Waals surface area contributed by atoms with E-state index in [2.05, 4.69) is 10.2 Å². The van der Waals surface area contributed by atoms with Crippen molar-refractivity contribution in [2.45, 2.75) is 46.0 Å². The highest BCUT2D eigenvalue weighted by Gasteiger charge is 2.29. The number of amides is 3. The van der Waals surface area contributed by atoms with Crippen molar-refractivity contribution in [1.82, 2.24) is 9.80 Å². The van der Waals surface area contributed by atoms with Crippen LogP contribution in [0.3, 0.4) is 0 Å². The quantitative estimate of drug-likeness (QED) is 0.641. The van der Waals surface area contributed by atoms with E-state index >= 15 is 0 Å². The molecule has 1 aromatic heterocycles. The minimum atomic E-state index is -0.361. The SMILES string of the molecule is CCN(CC)C(=O)c1cc(NC(=O)c2ccco2)ccc1N1CCCN(C(=O)C2CCCC2)CC1. The molecule has 0 bridgehead atoms. The van der Waals surface area contributed by atoms with Gasteiger partial charge < -0.3 is 24.4 Å². The van der Waals surface area contributed by atoms with Crippen molar-refractivity contribution in [3.8, 4) is 0 Å². The predicted octanol–water partition coefficient (Wildman–Crippen LogP) is 4.24. The van der Waals surface area contributed by atoms with Gasteiger partial charge in [0.25, 0.3) is 11.8 Å². The average Bonchev–Trinajstić information content (AvgIpc) is 3.56. The van der Waals surface area contributed by atoms with E-state index in [-0.39, 0.29) is 23.5 Å². The fourth-order valence-corrected chi connectivity index (χ4v) is 5.15. The Morgan fingerprint density at radius 2 is 1.77 bits per heavy atom. The van der Waals surface area contributed by atoms with E-state index < -0.39 is 0 Å². The predicted molar refractivity (Wildman–Crippen MR) is 136 cm³/mol. The van der Waals surface area contributed by atoms with Crippen LogP contribution in [0.2, 0.25) is 0 Å². The van der Waals surface area contributed by atoms with E-state index in [4.69, 9.17) is 4.42 Å². The van der Waals surface area contributed by atoms with Crippen LogP contribution in [0.4, 0.5) is 11.4 Å². The number of carbonyl (C=O) groups excluding carboxylic acids is 3.